The molecule has 3 rings (SSSR count). The van der Waals surface area contributed by atoms with Gasteiger partial charge in [-0.15, -0.1) is 0 Å². The Morgan fingerprint density at radius 2 is 1.88 bits per heavy atom. The molecule has 0 unspecified atom stereocenters. The summed E-state index contributed by atoms with van der Waals surface area (Å²) in [6, 6.07) is 15.4. The van der Waals surface area contributed by atoms with Crippen LogP contribution in [0.25, 0.3) is 22.4 Å². The maximum absolute atomic E-state index is 11.1. The zero-order valence-corrected chi connectivity index (χ0v) is 14.5. The Morgan fingerprint density at radius 1 is 1.15 bits per heavy atom. The van der Waals surface area contributed by atoms with E-state index >= 15 is 0 Å². The van der Waals surface area contributed by atoms with E-state index in [1.54, 1.807) is 6.07 Å². The van der Waals surface area contributed by atoms with Gasteiger partial charge in [0.25, 0.3) is 5.69 Å². The summed E-state index contributed by atoms with van der Waals surface area (Å²) in [5, 5.41) is 20.9. The van der Waals surface area contributed by atoms with Gasteiger partial charge in [0.1, 0.15) is 17.5 Å². The highest BCUT2D eigenvalue weighted by Gasteiger charge is 2.18. The summed E-state index contributed by atoms with van der Waals surface area (Å²) >= 11 is 6.25. The first-order chi connectivity index (χ1) is 12.4. The molecule has 1 heterocycles. The van der Waals surface area contributed by atoms with Crippen LogP contribution in [0.15, 0.2) is 48.5 Å². The number of rotatable bonds is 3. The second kappa shape index (κ2) is 6.82. The number of aryl methyl sites for hydroxylation is 1. The number of halogens is 1. The fourth-order valence-corrected chi connectivity index (χ4v) is 2.95. The summed E-state index contributed by atoms with van der Waals surface area (Å²) in [6.45, 7) is 1.94. The number of nitro benzene ring substituents is 1. The lowest BCUT2D eigenvalue weighted by atomic mass is 9.96. The van der Waals surface area contributed by atoms with E-state index in [4.69, 9.17) is 17.3 Å². The Balaban J connectivity index is 2.31. The van der Waals surface area contributed by atoms with E-state index < -0.39 is 4.92 Å². The van der Waals surface area contributed by atoms with Crippen molar-refractivity contribution in [3.05, 3.63) is 74.8 Å². The minimum absolute atomic E-state index is 0.0471. The smallest absolute Gasteiger partial charge is 0.270 e. The highest BCUT2D eigenvalue weighted by Crippen LogP contribution is 2.37. The molecule has 0 atom stereocenters. The number of anilines is 1. The van der Waals surface area contributed by atoms with Gasteiger partial charge in [0, 0.05) is 33.8 Å². The molecule has 6 nitrogen and oxygen atoms in total. The van der Waals surface area contributed by atoms with Crippen LogP contribution < -0.4 is 5.73 Å². The summed E-state index contributed by atoms with van der Waals surface area (Å²) in [5.41, 5.74) is 9.18. The number of benzene rings is 2. The van der Waals surface area contributed by atoms with Crippen LogP contribution in [-0.2, 0) is 0 Å². The molecule has 2 aromatic carbocycles. The number of nitrogen functional groups attached to an aromatic ring is 1. The van der Waals surface area contributed by atoms with Gasteiger partial charge in [-0.25, -0.2) is 4.98 Å². The first-order valence-electron chi connectivity index (χ1n) is 7.63. The van der Waals surface area contributed by atoms with Crippen molar-refractivity contribution >= 4 is 23.1 Å². The van der Waals surface area contributed by atoms with Crippen molar-refractivity contribution in [2.45, 2.75) is 6.92 Å². The number of nitriles is 1. The topological polar surface area (TPSA) is 106 Å². The average Bonchev–Trinajstić information content (AvgIpc) is 2.61. The Hall–Kier alpha value is -3.43. The van der Waals surface area contributed by atoms with Crippen LogP contribution in [0.4, 0.5) is 11.5 Å². The highest BCUT2D eigenvalue weighted by atomic mass is 35.5. The van der Waals surface area contributed by atoms with Crippen molar-refractivity contribution in [1.29, 1.82) is 5.26 Å². The van der Waals surface area contributed by atoms with Gasteiger partial charge >= 0.3 is 0 Å². The van der Waals surface area contributed by atoms with E-state index in [2.05, 4.69) is 4.98 Å². The predicted molar refractivity (Wildman–Crippen MR) is 101 cm³/mol. The summed E-state index contributed by atoms with van der Waals surface area (Å²) in [6.07, 6.45) is 0. The van der Waals surface area contributed by atoms with Gasteiger partial charge in [-0.05, 0) is 24.6 Å². The number of nitrogens with two attached hydrogens (primary N) is 1. The number of nitrogens with zero attached hydrogens (tertiary/aromatic N) is 3. The van der Waals surface area contributed by atoms with Crippen LogP contribution in [0.3, 0.4) is 0 Å². The molecule has 7 heteroatoms. The lowest BCUT2D eigenvalue weighted by Crippen LogP contribution is -2.01. The number of nitro groups is 1. The second-order valence-electron chi connectivity index (χ2n) is 5.66. The lowest BCUT2D eigenvalue weighted by Gasteiger charge is -2.12. The lowest BCUT2D eigenvalue weighted by molar-refractivity contribution is -0.384. The SMILES string of the molecule is Cc1ccccc1-c1cc(-c2cc([N+](=O)[O-])ccc2Cl)c(C#N)c(N)n1. The first kappa shape index (κ1) is 17.4. The van der Waals surface area contributed by atoms with Gasteiger partial charge in [0.15, 0.2) is 0 Å². The molecule has 128 valence electrons. The first-order valence-corrected chi connectivity index (χ1v) is 8.01. The average molecular weight is 365 g/mol. The quantitative estimate of drug-likeness (QED) is 0.533. The Kier molecular flexibility index (Phi) is 4.57. The van der Waals surface area contributed by atoms with Gasteiger partial charge in [-0.2, -0.15) is 5.26 Å². The highest BCUT2D eigenvalue weighted by molar-refractivity contribution is 6.33. The van der Waals surface area contributed by atoms with Crippen molar-refractivity contribution in [3.8, 4) is 28.5 Å². The van der Waals surface area contributed by atoms with Crippen molar-refractivity contribution in [2.75, 3.05) is 5.73 Å². The summed E-state index contributed by atoms with van der Waals surface area (Å²) in [7, 11) is 0. The largest absolute Gasteiger partial charge is 0.383 e. The van der Waals surface area contributed by atoms with Gasteiger partial charge in [-0.3, -0.25) is 10.1 Å². The zero-order valence-electron chi connectivity index (χ0n) is 13.7. The molecule has 0 amide bonds. The molecule has 0 bridgehead atoms. The number of hydrogen-bond acceptors (Lipinski definition) is 5. The number of non-ortho nitro benzene ring substituents is 1. The Morgan fingerprint density at radius 3 is 2.54 bits per heavy atom. The van der Waals surface area contributed by atoms with Crippen molar-refractivity contribution in [1.82, 2.24) is 4.98 Å². The molecule has 2 N–H and O–H groups in total. The van der Waals surface area contributed by atoms with E-state index in [-0.39, 0.29) is 22.1 Å². The van der Waals surface area contributed by atoms with Crippen molar-refractivity contribution < 1.29 is 4.92 Å². The molecule has 0 saturated carbocycles. The Labute approximate surface area is 154 Å². The summed E-state index contributed by atoms with van der Waals surface area (Å²) in [4.78, 5) is 14.9. The van der Waals surface area contributed by atoms with E-state index in [0.29, 0.717) is 16.8 Å². The van der Waals surface area contributed by atoms with Gasteiger partial charge in [-0.1, -0.05) is 35.9 Å². The molecule has 1 aromatic heterocycles. The monoisotopic (exact) mass is 364 g/mol. The summed E-state index contributed by atoms with van der Waals surface area (Å²) in [5.74, 6) is 0.0471. The zero-order chi connectivity index (χ0) is 18.8. The summed E-state index contributed by atoms with van der Waals surface area (Å²) < 4.78 is 0. The van der Waals surface area contributed by atoms with Crippen LogP contribution in [-0.4, -0.2) is 9.91 Å². The fourth-order valence-electron chi connectivity index (χ4n) is 2.73. The van der Waals surface area contributed by atoms with E-state index in [1.165, 1.54) is 18.2 Å². The number of hydrogen-bond donors (Lipinski definition) is 1. The minimum Gasteiger partial charge on any atom is -0.383 e. The third-order valence-electron chi connectivity index (χ3n) is 4.03. The van der Waals surface area contributed by atoms with E-state index in [0.717, 1.165) is 11.1 Å². The van der Waals surface area contributed by atoms with Crippen molar-refractivity contribution in [3.63, 3.8) is 0 Å². The molecule has 0 aliphatic carbocycles. The second-order valence-corrected chi connectivity index (χ2v) is 6.07. The standard InChI is InChI=1S/C19H13ClN4O2/c1-11-4-2-3-5-13(11)18-9-14(16(10-21)19(22)23-18)15-8-12(24(25)26)6-7-17(15)20/h2-9H,1H3,(H2,22,23). The molecule has 3 aromatic rings. The number of pyridine rings is 1. The molecule has 0 spiro atoms. The predicted octanol–water partition coefficient (Wildman–Crippen LogP) is 4.74. The van der Waals surface area contributed by atoms with Gasteiger partial charge < -0.3 is 5.73 Å². The van der Waals surface area contributed by atoms with Crippen LogP contribution >= 0.6 is 11.6 Å². The van der Waals surface area contributed by atoms with E-state index in [9.17, 15) is 15.4 Å². The van der Waals surface area contributed by atoms with E-state index in [1.807, 2.05) is 37.3 Å². The van der Waals surface area contributed by atoms with Crippen LogP contribution in [0.2, 0.25) is 5.02 Å². The molecular formula is C19H13ClN4O2. The fraction of sp³-hybridized carbons (Fsp3) is 0.0526. The molecule has 0 saturated heterocycles. The van der Waals surface area contributed by atoms with Crippen molar-refractivity contribution in [2.24, 2.45) is 0 Å². The molecule has 0 radical (unpaired) electrons. The maximum atomic E-state index is 11.1. The number of aromatic nitrogens is 1. The molecule has 0 aliphatic rings. The van der Waals surface area contributed by atoms with Gasteiger partial charge in [0.2, 0.25) is 0 Å². The normalized spacial score (nSPS) is 10.3. The Bertz CT molecular complexity index is 1070. The molecule has 0 aliphatic heterocycles. The van der Waals surface area contributed by atoms with Crippen LogP contribution in [0.1, 0.15) is 11.1 Å². The van der Waals surface area contributed by atoms with Gasteiger partial charge in [0.05, 0.1) is 10.6 Å². The maximum Gasteiger partial charge on any atom is 0.270 e. The molecule has 0 fully saturated rings. The minimum atomic E-state index is -0.515. The van der Waals surface area contributed by atoms with Crippen LogP contribution in [0.5, 0.6) is 0 Å². The molecular weight excluding hydrogens is 352 g/mol. The van der Waals surface area contributed by atoms with Crippen LogP contribution in [0, 0.1) is 28.4 Å². The third-order valence-corrected chi connectivity index (χ3v) is 4.36. The molecule has 26 heavy (non-hydrogen) atoms. The third kappa shape index (κ3) is 3.08.